The molecule has 0 radical (unpaired) electrons. The van der Waals surface area contributed by atoms with E-state index >= 15 is 0 Å². The fourth-order valence-electron chi connectivity index (χ4n) is 1.55. The summed E-state index contributed by atoms with van der Waals surface area (Å²) in [7, 11) is 1.38. The predicted molar refractivity (Wildman–Crippen MR) is 55.9 cm³/mol. The van der Waals surface area contributed by atoms with Crippen LogP contribution in [0.15, 0.2) is 18.2 Å². The van der Waals surface area contributed by atoms with Crippen molar-refractivity contribution >= 4 is 11.7 Å². The Kier molecular flexibility index (Phi) is 2.87. The molecule has 0 atom stereocenters. The molecule has 1 aliphatic rings. The van der Waals surface area contributed by atoms with E-state index in [1.165, 1.54) is 7.11 Å². The van der Waals surface area contributed by atoms with Crippen molar-refractivity contribution in [1.82, 2.24) is 0 Å². The quantitative estimate of drug-likeness (QED) is 0.707. The lowest BCUT2D eigenvalue weighted by Crippen LogP contribution is -2.06. The monoisotopic (exact) mass is 207 g/mol. The summed E-state index contributed by atoms with van der Waals surface area (Å²) in [5.41, 5.74) is 2.58. The van der Waals surface area contributed by atoms with Crippen molar-refractivity contribution in [3.8, 4) is 0 Å². The number of hydrogen-bond acceptors (Lipinski definition) is 4. The Morgan fingerprint density at radius 2 is 2.40 bits per heavy atom. The number of nitrogens with one attached hydrogen (secondary N) is 1. The molecule has 1 aromatic carbocycles. The van der Waals surface area contributed by atoms with Gasteiger partial charge in [-0.25, -0.2) is 4.79 Å². The van der Waals surface area contributed by atoms with E-state index < -0.39 is 0 Å². The van der Waals surface area contributed by atoms with Gasteiger partial charge in [0.05, 0.1) is 25.9 Å². The molecule has 0 saturated carbocycles. The van der Waals surface area contributed by atoms with E-state index in [1.807, 2.05) is 6.07 Å². The van der Waals surface area contributed by atoms with Crippen LogP contribution in [0.2, 0.25) is 0 Å². The number of anilines is 1. The zero-order chi connectivity index (χ0) is 10.7. The third kappa shape index (κ3) is 2.10. The highest BCUT2D eigenvalue weighted by Crippen LogP contribution is 2.21. The summed E-state index contributed by atoms with van der Waals surface area (Å²) in [6, 6.07) is 5.44. The Bertz CT molecular complexity index is 376. The number of fused-ring (bicyclic) bond motifs is 1. The van der Waals surface area contributed by atoms with E-state index in [-0.39, 0.29) is 5.97 Å². The van der Waals surface area contributed by atoms with Crippen LogP contribution >= 0.6 is 0 Å². The number of methoxy groups -OCH3 is 1. The van der Waals surface area contributed by atoms with Gasteiger partial charge in [0, 0.05) is 17.8 Å². The zero-order valence-electron chi connectivity index (χ0n) is 8.58. The van der Waals surface area contributed by atoms with Crippen molar-refractivity contribution in [2.75, 3.05) is 25.6 Å². The van der Waals surface area contributed by atoms with E-state index in [0.717, 1.165) is 17.8 Å². The van der Waals surface area contributed by atoms with Crippen LogP contribution in [-0.4, -0.2) is 26.2 Å². The predicted octanol–water partition coefficient (Wildman–Crippen LogP) is 1.42. The van der Waals surface area contributed by atoms with Crippen molar-refractivity contribution in [3.63, 3.8) is 0 Å². The molecule has 0 aromatic heterocycles. The van der Waals surface area contributed by atoms with Crippen LogP contribution in [0.4, 0.5) is 5.69 Å². The zero-order valence-corrected chi connectivity index (χ0v) is 8.58. The minimum absolute atomic E-state index is 0.315. The number of ether oxygens (including phenoxy) is 2. The van der Waals surface area contributed by atoms with Crippen LogP contribution in [-0.2, 0) is 16.1 Å². The summed E-state index contributed by atoms with van der Waals surface area (Å²) in [6.07, 6.45) is 0. The van der Waals surface area contributed by atoms with Crippen molar-refractivity contribution in [2.24, 2.45) is 0 Å². The van der Waals surface area contributed by atoms with Gasteiger partial charge in [-0.3, -0.25) is 0 Å². The molecule has 4 nitrogen and oxygen atoms in total. The molecule has 0 amide bonds. The van der Waals surface area contributed by atoms with Crippen molar-refractivity contribution in [3.05, 3.63) is 29.3 Å². The lowest BCUT2D eigenvalue weighted by molar-refractivity contribution is 0.0600. The Balaban J connectivity index is 2.31. The normalized spacial score (nSPS) is 14.7. The molecule has 4 heteroatoms. The van der Waals surface area contributed by atoms with E-state index in [9.17, 15) is 4.79 Å². The van der Waals surface area contributed by atoms with E-state index in [4.69, 9.17) is 4.74 Å². The highest BCUT2D eigenvalue weighted by molar-refractivity contribution is 5.90. The van der Waals surface area contributed by atoms with Gasteiger partial charge in [0.1, 0.15) is 0 Å². The van der Waals surface area contributed by atoms with Gasteiger partial charge < -0.3 is 14.8 Å². The average Bonchev–Trinajstić information content (AvgIpc) is 2.51. The maximum Gasteiger partial charge on any atom is 0.337 e. The molecular formula is C11H13NO3. The van der Waals surface area contributed by atoms with Crippen LogP contribution in [0.5, 0.6) is 0 Å². The molecular weight excluding hydrogens is 194 g/mol. The van der Waals surface area contributed by atoms with Crippen LogP contribution in [0, 0.1) is 0 Å². The van der Waals surface area contributed by atoms with Gasteiger partial charge in [-0.05, 0) is 12.1 Å². The first-order chi connectivity index (χ1) is 7.31. The number of hydrogen-bond donors (Lipinski definition) is 1. The van der Waals surface area contributed by atoms with Gasteiger partial charge in [0.25, 0.3) is 0 Å². The molecule has 1 aromatic rings. The fourth-order valence-corrected chi connectivity index (χ4v) is 1.55. The molecule has 80 valence electrons. The van der Waals surface area contributed by atoms with Crippen LogP contribution in [0.25, 0.3) is 0 Å². The molecule has 1 heterocycles. The molecule has 0 unspecified atom stereocenters. The molecule has 0 fully saturated rings. The van der Waals surface area contributed by atoms with E-state index in [0.29, 0.717) is 18.8 Å². The number of carbonyl (C=O) groups excluding carboxylic acids is 1. The van der Waals surface area contributed by atoms with Gasteiger partial charge in [-0.15, -0.1) is 0 Å². The standard InChI is InChI=1S/C11H13NO3/c1-14-11(13)8-2-3-9-7-15-5-4-12-10(9)6-8/h2-3,6,12H,4-5,7H2,1H3. The fraction of sp³-hybridized carbons (Fsp3) is 0.364. The first-order valence-corrected chi connectivity index (χ1v) is 4.84. The van der Waals surface area contributed by atoms with Gasteiger partial charge >= 0.3 is 5.97 Å². The molecule has 0 spiro atoms. The molecule has 1 aliphatic heterocycles. The van der Waals surface area contributed by atoms with Crippen LogP contribution < -0.4 is 5.32 Å². The highest BCUT2D eigenvalue weighted by atomic mass is 16.5. The maximum atomic E-state index is 11.3. The maximum absolute atomic E-state index is 11.3. The molecule has 1 N–H and O–H groups in total. The van der Waals surface area contributed by atoms with Crippen LogP contribution in [0.3, 0.4) is 0 Å². The number of benzene rings is 1. The Labute approximate surface area is 88.2 Å². The van der Waals surface area contributed by atoms with Crippen molar-refractivity contribution in [2.45, 2.75) is 6.61 Å². The number of carbonyl (C=O) groups is 1. The Morgan fingerprint density at radius 1 is 1.53 bits per heavy atom. The van der Waals surface area contributed by atoms with Gasteiger partial charge in [-0.2, -0.15) is 0 Å². The summed E-state index contributed by atoms with van der Waals surface area (Å²) in [5.74, 6) is -0.315. The minimum Gasteiger partial charge on any atom is -0.465 e. The van der Waals surface area contributed by atoms with Gasteiger partial charge in [0.2, 0.25) is 0 Å². The van der Waals surface area contributed by atoms with Crippen LogP contribution in [0.1, 0.15) is 15.9 Å². The van der Waals surface area contributed by atoms with Gasteiger partial charge in [-0.1, -0.05) is 6.07 Å². The molecule has 2 rings (SSSR count). The minimum atomic E-state index is -0.315. The third-order valence-corrected chi connectivity index (χ3v) is 2.35. The van der Waals surface area contributed by atoms with E-state index in [2.05, 4.69) is 10.1 Å². The van der Waals surface area contributed by atoms with Gasteiger partial charge in [0.15, 0.2) is 0 Å². The summed E-state index contributed by atoms with van der Waals surface area (Å²) in [6.45, 7) is 2.03. The summed E-state index contributed by atoms with van der Waals surface area (Å²) in [4.78, 5) is 11.3. The topological polar surface area (TPSA) is 47.6 Å². The Hall–Kier alpha value is -1.55. The SMILES string of the molecule is COC(=O)c1ccc2c(c1)NCCOC2. The highest BCUT2D eigenvalue weighted by Gasteiger charge is 2.11. The number of rotatable bonds is 1. The molecule has 0 bridgehead atoms. The second-order valence-electron chi connectivity index (χ2n) is 3.34. The van der Waals surface area contributed by atoms with E-state index in [1.54, 1.807) is 12.1 Å². The Morgan fingerprint density at radius 3 is 3.20 bits per heavy atom. The second-order valence-corrected chi connectivity index (χ2v) is 3.34. The molecule has 0 aliphatic carbocycles. The first-order valence-electron chi connectivity index (χ1n) is 4.84. The lowest BCUT2D eigenvalue weighted by Gasteiger charge is -2.08. The second kappa shape index (κ2) is 4.31. The summed E-state index contributed by atoms with van der Waals surface area (Å²) in [5, 5.41) is 3.21. The van der Waals surface area contributed by atoms with Crippen molar-refractivity contribution in [1.29, 1.82) is 0 Å². The largest absolute Gasteiger partial charge is 0.465 e. The third-order valence-electron chi connectivity index (χ3n) is 2.35. The summed E-state index contributed by atoms with van der Waals surface area (Å²) >= 11 is 0. The molecule has 15 heavy (non-hydrogen) atoms. The number of esters is 1. The average molecular weight is 207 g/mol. The van der Waals surface area contributed by atoms with Crippen molar-refractivity contribution < 1.29 is 14.3 Å². The lowest BCUT2D eigenvalue weighted by atomic mass is 10.1. The summed E-state index contributed by atoms with van der Waals surface area (Å²) < 4.78 is 10.0. The molecule has 0 saturated heterocycles. The first kappa shape index (κ1) is 9.98. The smallest absolute Gasteiger partial charge is 0.337 e.